The molecule has 2 fully saturated rings. The van der Waals surface area contributed by atoms with Crippen LogP contribution in [0.2, 0.25) is 0 Å². The monoisotopic (exact) mass is 593 g/mol. The molecular formula is C32H51NO7S. The van der Waals surface area contributed by atoms with E-state index in [-0.39, 0.29) is 65.0 Å². The minimum Gasteiger partial charge on any atom is -0.330 e. The number of hydrogen-bond acceptors (Lipinski definition) is 8. The molecular weight excluding hydrogens is 542 g/mol. The third kappa shape index (κ3) is 10.0. The van der Waals surface area contributed by atoms with Gasteiger partial charge >= 0.3 is 5.97 Å². The Bertz CT molecular complexity index is 994. The zero-order valence-electron chi connectivity index (χ0n) is 26.5. The van der Waals surface area contributed by atoms with Crippen LogP contribution in [0.1, 0.15) is 120 Å². The van der Waals surface area contributed by atoms with Crippen LogP contribution >= 0.6 is 11.8 Å². The Morgan fingerprint density at radius 3 is 1.95 bits per heavy atom. The van der Waals surface area contributed by atoms with Gasteiger partial charge in [0.1, 0.15) is 17.3 Å². The number of hydrogen-bond donors (Lipinski definition) is 0. The molecule has 0 bridgehead atoms. The summed E-state index contributed by atoms with van der Waals surface area (Å²) in [5, 5.41) is 0.149. The van der Waals surface area contributed by atoms with Crippen molar-refractivity contribution in [3.05, 3.63) is 0 Å². The van der Waals surface area contributed by atoms with E-state index in [1.807, 2.05) is 34.6 Å². The van der Waals surface area contributed by atoms with Crippen LogP contribution in [0.3, 0.4) is 0 Å². The number of carbonyl (C=O) groups excluding carboxylic acids is 6. The first kappa shape index (κ1) is 35.2. The fourth-order valence-electron chi connectivity index (χ4n) is 6.58. The van der Waals surface area contributed by atoms with E-state index in [9.17, 15) is 28.8 Å². The Hall–Kier alpha value is -2.03. The van der Waals surface area contributed by atoms with Gasteiger partial charge in [-0.2, -0.15) is 0 Å². The average molecular weight is 594 g/mol. The summed E-state index contributed by atoms with van der Waals surface area (Å²) < 4.78 is -0.371. The van der Waals surface area contributed by atoms with Crippen LogP contribution in [0.15, 0.2) is 0 Å². The van der Waals surface area contributed by atoms with Crippen molar-refractivity contribution in [2.75, 3.05) is 0 Å². The van der Waals surface area contributed by atoms with E-state index < -0.39 is 28.4 Å². The summed E-state index contributed by atoms with van der Waals surface area (Å²) in [6.45, 7) is 17.4. The number of nitrogens with zero attached hydrogens (tertiary/aromatic N) is 1. The lowest BCUT2D eigenvalue weighted by Gasteiger charge is -2.37. The number of hydroxylamine groups is 2. The summed E-state index contributed by atoms with van der Waals surface area (Å²) in [6.07, 6.45) is 4.65. The number of imide groups is 1. The Kier molecular flexibility index (Phi) is 12.4. The van der Waals surface area contributed by atoms with Crippen LogP contribution < -0.4 is 0 Å². The maximum atomic E-state index is 13.7. The highest BCUT2D eigenvalue weighted by Gasteiger charge is 2.40. The Balaban J connectivity index is 1.95. The Morgan fingerprint density at radius 2 is 1.46 bits per heavy atom. The van der Waals surface area contributed by atoms with Crippen LogP contribution in [-0.4, -0.2) is 50.2 Å². The predicted octanol–water partition coefficient (Wildman–Crippen LogP) is 6.13. The van der Waals surface area contributed by atoms with Crippen LogP contribution in [0.4, 0.5) is 0 Å². The number of carbonyl (C=O) groups is 6. The summed E-state index contributed by atoms with van der Waals surface area (Å²) in [5.41, 5.74) is -0.530. The van der Waals surface area contributed by atoms with Crippen molar-refractivity contribution in [3.8, 4) is 0 Å². The molecule has 0 aromatic heterocycles. The SMILES string of the molecule is CC(=O)CC(SC(C)(C)CC(C)(C)C(=O)C(C)C)C(=O)C(C)C(C)CC1CCC(C(=O)ON2C(=O)CCC2=O)CC1. The molecule has 1 saturated carbocycles. The molecule has 8 nitrogen and oxygen atoms in total. The van der Waals surface area contributed by atoms with Crippen molar-refractivity contribution >= 4 is 46.9 Å². The third-order valence-corrected chi connectivity index (χ3v) is 10.2. The van der Waals surface area contributed by atoms with Crippen molar-refractivity contribution in [1.29, 1.82) is 0 Å². The summed E-state index contributed by atoms with van der Waals surface area (Å²) in [6, 6.07) is 0. The molecule has 1 saturated heterocycles. The van der Waals surface area contributed by atoms with Gasteiger partial charge in [-0.3, -0.25) is 24.0 Å². The van der Waals surface area contributed by atoms with Gasteiger partial charge in [0.15, 0.2) is 0 Å². The molecule has 3 atom stereocenters. The largest absolute Gasteiger partial charge is 0.336 e. The molecule has 9 heteroatoms. The van der Waals surface area contributed by atoms with Gasteiger partial charge in [0.2, 0.25) is 0 Å². The van der Waals surface area contributed by atoms with Crippen molar-refractivity contribution in [2.45, 2.75) is 130 Å². The minimum atomic E-state index is -0.530. The summed E-state index contributed by atoms with van der Waals surface area (Å²) in [4.78, 5) is 79.9. The highest BCUT2D eigenvalue weighted by Crippen LogP contribution is 2.43. The maximum Gasteiger partial charge on any atom is 0.336 e. The van der Waals surface area contributed by atoms with Gasteiger partial charge in [-0.05, 0) is 57.3 Å². The molecule has 0 spiro atoms. The lowest BCUT2D eigenvalue weighted by atomic mass is 9.75. The van der Waals surface area contributed by atoms with E-state index >= 15 is 0 Å². The predicted molar refractivity (Wildman–Crippen MR) is 160 cm³/mol. The molecule has 2 aliphatic rings. The molecule has 41 heavy (non-hydrogen) atoms. The molecule has 0 aromatic carbocycles. The molecule has 2 amide bonds. The quantitative estimate of drug-likeness (QED) is 0.208. The van der Waals surface area contributed by atoms with E-state index in [1.54, 1.807) is 0 Å². The van der Waals surface area contributed by atoms with E-state index in [0.29, 0.717) is 30.2 Å². The normalized spacial score (nSPS) is 22.4. The van der Waals surface area contributed by atoms with Gasteiger partial charge < -0.3 is 4.84 Å². The smallest absolute Gasteiger partial charge is 0.330 e. The van der Waals surface area contributed by atoms with E-state index in [4.69, 9.17) is 4.84 Å². The highest BCUT2D eigenvalue weighted by atomic mass is 32.2. The van der Waals surface area contributed by atoms with Crippen molar-refractivity contribution in [3.63, 3.8) is 0 Å². The fraction of sp³-hybridized carbons (Fsp3) is 0.812. The molecule has 0 N–H and O–H groups in total. The maximum absolute atomic E-state index is 13.7. The lowest BCUT2D eigenvalue weighted by molar-refractivity contribution is -0.201. The first-order valence-corrected chi connectivity index (χ1v) is 16.1. The molecule has 232 valence electrons. The highest BCUT2D eigenvalue weighted by molar-refractivity contribution is 8.01. The Labute approximate surface area is 250 Å². The Morgan fingerprint density at radius 1 is 0.927 bits per heavy atom. The number of ketones is 3. The van der Waals surface area contributed by atoms with Gasteiger partial charge in [-0.25, -0.2) is 4.79 Å². The number of Topliss-reactive ketones (excluding diaryl/α,β-unsaturated/α-hetero) is 3. The average Bonchev–Trinajstić information content (AvgIpc) is 3.18. The molecule has 0 aromatic rings. The topological polar surface area (TPSA) is 115 Å². The van der Waals surface area contributed by atoms with Crippen LogP contribution in [0, 0.1) is 35.0 Å². The summed E-state index contributed by atoms with van der Waals surface area (Å²) in [7, 11) is 0. The summed E-state index contributed by atoms with van der Waals surface area (Å²) in [5.74, 6) is -1.38. The van der Waals surface area contributed by atoms with E-state index in [1.165, 1.54) is 18.7 Å². The zero-order valence-corrected chi connectivity index (χ0v) is 27.4. The minimum absolute atomic E-state index is 0.0217. The standard InChI is InChI=1S/C32H51NO7S/c1-19(2)29(38)31(6,7)18-32(8,9)41-25(17-21(4)34)28(37)22(5)20(3)16-23-10-12-24(13-11-23)30(39)40-33-26(35)14-15-27(33)36/h19-20,22-25H,10-18H2,1-9H3. The van der Waals surface area contributed by atoms with Gasteiger partial charge in [-0.1, -0.05) is 55.4 Å². The molecule has 3 unspecified atom stereocenters. The molecule has 2 rings (SSSR count). The second-order valence-corrected chi connectivity index (χ2v) is 15.9. The van der Waals surface area contributed by atoms with Crippen molar-refractivity contribution < 1.29 is 33.6 Å². The molecule has 1 aliphatic heterocycles. The van der Waals surface area contributed by atoms with E-state index in [0.717, 1.165) is 19.3 Å². The number of rotatable bonds is 15. The number of amides is 2. The molecule has 0 radical (unpaired) electrons. The van der Waals surface area contributed by atoms with Gasteiger partial charge in [0.05, 0.1) is 11.2 Å². The van der Waals surface area contributed by atoms with E-state index in [2.05, 4.69) is 20.8 Å². The molecule has 1 heterocycles. The fourth-order valence-corrected chi connectivity index (χ4v) is 8.44. The summed E-state index contributed by atoms with van der Waals surface area (Å²) >= 11 is 1.52. The lowest BCUT2D eigenvalue weighted by Crippen LogP contribution is -2.38. The number of thioether (sulfide) groups is 1. The van der Waals surface area contributed by atoms with Crippen LogP contribution in [-0.2, 0) is 33.6 Å². The van der Waals surface area contributed by atoms with Crippen LogP contribution in [0.25, 0.3) is 0 Å². The first-order chi connectivity index (χ1) is 18.8. The second kappa shape index (κ2) is 14.4. The van der Waals surface area contributed by atoms with Crippen molar-refractivity contribution in [1.82, 2.24) is 5.06 Å². The molecule has 1 aliphatic carbocycles. The van der Waals surface area contributed by atoms with Crippen LogP contribution in [0.5, 0.6) is 0 Å². The van der Waals surface area contributed by atoms with Gasteiger partial charge in [0, 0.05) is 41.3 Å². The second-order valence-electron chi connectivity index (χ2n) is 14.0. The first-order valence-electron chi connectivity index (χ1n) is 15.2. The van der Waals surface area contributed by atoms with Gasteiger partial charge in [0.25, 0.3) is 11.8 Å². The zero-order chi connectivity index (χ0) is 31.3. The van der Waals surface area contributed by atoms with Gasteiger partial charge in [-0.15, -0.1) is 16.8 Å². The van der Waals surface area contributed by atoms with Crippen molar-refractivity contribution in [2.24, 2.45) is 35.0 Å². The third-order valence-electron chi connectivity index (χ3n) is 8.69.